The summed E-state index contributed by atoms with van der Waals surface area (Å²) in [5, 5.41) is 0. The van der Waals surface area contributed by atoms with Gasteiger partial charge in [0.2, 0.25) is 5.91 Å². The van der Waals surface area contributed by atoms with Gasteiger partial charge in [-0.15, -0.1) is 0 Å². The van der Waals surface area contributed by atoms with Crippen LogP contribution in [0.2, 0.25) is 0 Å². The average molecular weight is 251 g/mol. The number of nitrogens with zero attached hydrogens (tertiary/aromatic N) is 2. The molecule has 0 heterocycles. The van der Waals surface area contributed by atoms with Crippen LogP contribution in [-0.2, 0) is 4.79 Å². The number of hydrogen-bond acceptors (Lipinski definition) is 2. The van der Waals surface area contributed by atoms with Gasteiger partial charge in [-0.25, -0.2) is 4.79 Å². The van der Waals surface area contributed by atoms with Crippen molar-refractivity contribution in [1.82, 2.24) is 4.42 Å². The molecule has 4 nitrogen and oxygen atoms in total. The molecule has 0 atom stereocenters. The van der Waals surface area contributed by atoms with Crippen LogP contribution in [0.1, 0.15) is 18.1 Å². The van der Waals surface area contributed by atoms with E-state index in [1.54, 1.807) is 18.2 Å². The molecular formula is C12H11ClN2O2. The van der Waals surface area contributed by atoms with Gasteiger partial charge in [0.1, 0.15) is 0 Å². The van der Waals surface area contributed by atoms with Crippen molar-refractivity contribution in [2.24, 2.45) is 4.99 Å². The summed E-state index contributed by atoms with van der Waals surface area (Å²) >= 11 is 5.39. The van der Waals surface area contributed by atoms with Gasteiger partial charge in [0.15, 0.2) is 0 Å². The van der Waals surface area contributed by atoms with Crippen LogP contribution in [0.4, 0.5) is 4.79 Å². The second-order valence-corrected chi connectivity index (χ2v) is 3.55. The summed E-state index contributed by atoms with van der Waals surface area (Å²) in [4.78, 5) is 25.6. The zero-order valence-electron chi connectivity index (χ0n) is 9.26. The monoisotopic (exact) mass is 250 g/mol. The molecule has 1 aromatic carbocycles. The van der Waals surface area contributed by atoms with Crippen molar-refractivity contribution in [2.45, 2.75) is 6.92 Å². The quantitative estimate of drug-likeness (QED) is 0.599. The van der Waals surface area contributed by atoms with E-state index in [9.17, 15) is 9.59 Å². The predicted octanol–water partition coefficient (Wildman–Crippen LogP) is 2.87. The van der Waals surface area contributed by atoms with Crippen molar-refractivity contribution in [3.8, 4) is 0 Å². The van der Waals surface area contributed by atoms with Gasteiger partial charge in [0, 0.05) is 24.9 Å². The molecule has 0 spiro atoms. The Hall–Kier alpha value is -1.94. The fourth-order valence-corrected chi connectivity index (χ4v) is 1.08. The predicted molar refractivity (Wildman–Crippen MR) is 67.9 cm³/mol. The summed E-state index contributed by atoms with van der Waals surface area (Å²) in [6.07, 6.45) is 3.05. The lowest BCUT2D eigenvalue weighted by Crippen LogP contribution is -2.22. The molecule has 17 heavy (non-hydrogen) atoms. The lowest BCUT2D eigenvalue weighted by molar-refractivity contribution is -0.122. The van der Waals surface area contributed by atoms with Gasteiger partial charge in [0.05, 0.1) is 0 Å². The fraction of sp³-hybridized carbons (Fsp3) is 0.0833. The highest BCUT2D eigenvalue weighted by Crippen LogP contribution is 2.04. The lowest BCUT2D eigenvalue weighted by atomic mass is 10.1. The van der Waals surface area contributed by atoms with Gasteiger partial charge >= 0.3 is 6.03 Å². The Kier molecular flexibility index (Phi) is 4.60. The Morgan fingerprint density at radius 3 is 2.29 bits per heavy atom. The highest BCUT2D eigenvalue weighted by Gasteiger charge is 2.13. The first-order chi connectivity index (χ1) is 8.04. The number of benzene rings is 1. The number of aliphatic imine (C=N–C) groups is 1. The average Bonchev–Trinajstić information content (AvgIpc) is 2.35. The second kappa shape index (κ2) is 5.96. The summed E-state index contributed by atoms with van der Waals surface area (Å²) in [5.74, 6) is -0.573. The van der Waals surface area contributed by atoms with Gasteiger partial charge in [-0.3, -0.25) is 4.79 Å². The lowest BCUT2D eigenvalue weighted by Gasteiger charge is -2.03. The van der Waals surface area contributed by atoms with E-state index in [1.165, 1.54) is 13.1 Å². The summed E-state index contributed by atoms with van der Waals surface area (Å²) in [6, 6.07) is 6.41. The molecular weight excluding hydrogens is 240 g/mol. The molecule has 1 rings (SSSR count). The second-order valence-electron chi connectivity index (χ2n) is 3.21. The van der Waals surface area contributed by atoms with Crippen LogP contribution < -0.4 is 0 Å². The number of rotatable bonds is 2. The van der Waals surface area contributed by atoms with E-state index in [1.807, 2.05) is 12.1 Å². The van der Waals surface area contributed by atoms with E-state index in [-0.39, 0.29) is 0 Å². The molecule has 0 N–H and O–H groups in total. The molecule has 88 valence electrons. The summed E-state index contributed by atoms with van der Waals surface area (Å²) in [6.45, 7) is 4.81. The van der Waals surface area contributed by atoms with Crippen LogP contribution >= 0.6 is 11.8 Å². The van der Waals surface area contributed by atoms with Crippen molar-refractivity contribution in [3.05, 3.63) is 42.0 Å². The SMILES string of the molecule is C=Cc1ccc(C=NC(=O)N(Cl)C(C)=O)cc1. The van der Waals surface area contributed by atoms with E-state index in [0.717, 1.165) is 11.1 Å². The van der Waals surface area contributed by atoms with Crippen LogP contribution in [0, 0.1) is 0 Å². The van der Waals surface area contributed by atoms with Crippen LogP contribution in [0.15, 0.2) is 35.8 Å². The number of carbonyl (C=O) groups excluding carboxylic acids is 2. The van der Waals surface area contributed by atoms with Crippen molar-refractivity contribution in [2.75, 3.05) is 0 Å². The largest absolute Gasteiger partial charge is 0.365 e. The third-order valence-corrected chi connectivity index (χ3v) is 2.32. The van der Waals surface area contributed by atoms with Crippen LogP contribution in [0.3, 0.4) is 0 Å². The highest BCUT2D eigenvalue weighted by molar-refractivity contribution is 6.30. The third kappa shape index (κ3) is 3.85. The fourth-order valence-electron chi connectivity index (χ4n) is 1.03. The van der Waals surface area contributed by atoms with Gasteiger partial charge in [0.25, 0.3) is 0 Å². The first-order valence-electron chi connectivity index (χ1n) is 4.81. The van der Waals surface area contributed by atoms with Gasteiger partial charge in [-0.1, -0.05) is 36.9 Å². The van der Waals surface area contributed by atoms with Crippen molar-refractivity contribution in [1.29, 1.82) is 0 Å². The smallest absolute Gasteiger partial charge is 0.273 e. The molecule has 1 aromatic rings. The minimum absolute atomic E-state index is 0.425. The van der Waals surface area contributed by atoms with E-state index in [4.69, 9.17) is 11.8 Å². The summed E-state index contributed by atoms with van der Waals surface area (Å²) in [7, 11) is 0. The number of carbonyl (C=O) groups is 2. The maximum atomic E-state index is 11.2. The molecule has 0 aromatic heterocycles. The third-order valence-electron chi connectivity index (χ3n) is 1.94. The van der Waals surface area contributed by atoms with E-state index in [2.05, 4.69) is 11.6 Å². The maximum Gasteiger partial charge on any atom is 0.365 e. The van der Waals surface area contributed by atoms with E-state index < -0.39 is 11.9 Å². The molecule has 0 bridgehead atoms. The minimum Gasteiger partial charge on any atom is -0.273 e. The summed E-state index contributed by atoms with van der Waals surface area (Å²) < 4.78 is 0.425. The molecule has 0 saturated carbocycles. The molecule has 3 amide bonds. The van der Waals surface area contributed by atoms with Crippen molar-refractivity contribution in [3.63, 3.8) is 0 Å². The number of hydrogen-bond donors (Lipinski definition) is 0. The first-order valence-corrected chi connectivity index (χ1v) is 5.15. The Bertz CT molecular complexity index is 466. The topological polar surface area (TPSA) is 49.7 Å². The number of imide groups is 1. The number of halogens is 1. The molecule has 0 aliphatic rings. The molecule has 5 heteroatoms. The Labute approximate surface area is 104 Å². The van der Waals surface area contributed by atoms with Crippen molar-refractivity contribution < 1.29 is 9.59 Å². The Morgan fingerprint density at radius 2 is 1.82 bits per heavy atom. The molecule has 0 radical (unpaired) electrons. The normalized spacial score (nSPS) is 10.2. The van der Waals surface area contributed by atoms with Crippen LogP contribution in [0.5, 0.6) is 0 Å². The standard InChI is InChI=1S/C12H11ClN2O2/c1-3-10-4-6-11(7-5-10)8-14-12(17)15(13)9(2)16/h3-8H,1H2,2H3. The molecule has 0 saturated heterocycles. The number of urea groups is 1. The summed E-state index contributed by atoms with van der Waals surface area (Å²) in [5.41, 5.74) is 1.70. The van der Waals surface area contributed by atoms with Crippen molar-refractivity contribution >= 4 is 36.0 Å². The van der Waals surface area contributed by atoms with Gasteiger partial charge in [-0.2, -0.15) is 9.41 Å². The zero-order chi connectivity index (χ0) is 12.8. The maximum absolute atomic E-state index is 11.2. The zero-order valence-corrected chi connectivity index (χ0v) is 10.0. The van der Waals surface area contributed by atoms with Crippen LogP contribution in [-0.4, -0.2) is 22.6 Å². The minimum atomic E-state index is -0.813. The van der Waals surface area contributed by atoms with Gasteiger partial charge < -0.3 is 0 Å². The molecule has 0 unspecified atom stereocenters. The Balaban J connectivity index is 2.73. The molecule has 0 aliphatic carbocycles. The first kappa shape index (κ1) is 13.1. The van der Waals surface area contributed by atoms with E-state index in [0.29, 0.717) is 4.42 Å². The molecule has 0 fully saturated rings. The number of amides is 3. The van der Waals surface area contributed by atoms with E-state index >= 15 is 0 Å². The highest BCUT2D eigenvalue weighted by atomic mass is 35.5. The van der Waals surface area contributed by atoms with Gasteiger partial charge in [-0.05, 0) is 11.1 Å². The van der Waals surface area contributed by atoms with Crippen LogP contribution in [0.25, 0.3) is 6.08 Å². The molecule has 0 aliphatic heterocycles. The Morgan fingerprint density at radius 1 is 1.29 bits per heavy atom.